The predicted molar refractivity (Wildman–Crippen MR) is 64.0 cm³/mol. The van der Waals surface area contributed by atoms with Crippen LogP contribution in [0.25, 0.3) is 0 Å². The second kappa shape index (κ2) is 6.91. The van der Waals surface area contributed by atoms with Crippen LogP contribution in [0.3, 0.4) is 0 Å². The average Bonchev–Trinajstić information content (AvgIpc) is 2.30. The molecule has 1 aromatic carbocycles. The van der Waals surface area contributed by atoms with Crippen LogP contribution in [0.2, 0.25) is 0 Å². The minimum absolute atomic E-state index is 0.207. The summed E-state index contributed by atoms with van der Waals surface area (Å²) in [5.41, 5.74) is 1.62. The lowest BCUT2D eigenvalue weighted by Gasteiger charge is -2.03. The Labute approximate surface area is 99.4 Å². The zero-order valence-corrected chi connectivity index (χ0v) is 9.92. The fraction of sp³-hybridized carbons (Fsp3) is 0.333. The van der Waals surface area contributed by atoms with Gasteiger partial charge < -0.3 is 4.74 Å². The topological polar surface area (TPSA) is 50.1 Å². The summed E-state index contributed by atoms with van der Waals surface area (Å²) < 4.78 is 4.81. The SMILES string of the molecule is CCOC(=O)CSCc1ccccc1C#N. The Morgan fingerprint density at radius 3 is 2.94 bits per heavy atom. The Bertz CT molecular complexity index is 398. The highest BCUT2D eigenvalue weighted by atomic mass is 32.2. The van der Waals surface area contributed by atoms with Gasteiger partial charge >= 0.3 is 5.97 Å². The average molecular weight is 235 g/mol. The molecule has 0 fully saturated rings. The summed E-state index contributed by atoms with van der Waals surface area (Å²) in [5.74, 6) is 0.776. The van der Waals surface area contributed by atoms with Crippen LogP contribution >= 0.6 is 11.8 Å². The van der Waals surface area contributed by atoms with Gasteiger partial charge in [0, 0.05) is 5.75 Å². The van der Waals surface area contributed by atoms with Gasteiger partial charge in [0.1, 0.15) is 0 Å². The van der Waals surface area contributed by atoms with E-state index in [9.17, 15) is 4.79 Å². The van der Waals surface area contributed by atoms with Crippen molar-refractivity contribution in [3.05, 3.63) is 35.4 Å². The van der Waals surface area contributed by atoms with Crippen LogP contribution in [0.15, 0.2) is 24.3 Å². The number of nitriles is 1. The van der Waals surface area contributed by atoms with E-state index < -0.39 is 0 Å². The Balaban J connectivity index is 2.43. The highest BCUT2D eigenvalue weighted by molar-refractivity contribution is 7.99. The van der Waals surface area contributed by atoms with Crippen LogP contribution in [-0.4, -0.2) is 18.3 Å². The monoisotopic (exact) mass is 235 g/mol. The molecule has 0 aliphatic heterocycles. The molecule has 84 valence electrons. The van der Waals surface area contributed by atoms with Crippen LogP contribution in [0, 0.1) is 11.3 Å². The lowest BCUT2D eigenvalue weighted by molar-refractivity contribution is -0.139. The van der Waals surface area contributed by atoms with Gasteiger partial charge in [-0.3, -0.25) is 4.79 Å². The van der Waals surface area contributed by atoms with Crippen molar-refractivity contribution in [1.29, 1.82) is 5.26 Å². The summed E-state index contributed by atoms with van der Waals surface area (Å²) in [6.07, 6.45) is 0. The van der Waals surface area contributed by atoms with Gasteiger partial charge in [-0.25, -0.2) is 0 Å². The van der Waals surface area contributed by atoms with E-state index in [2.05, 4.69) is 6.07 Å². The number of carbonyl (C=O) groups is 1. The van der Waals surface area contributed by atoms with Gasteiger partial charge in [-0.05, 0) is 18.6 Å². The zero-order chi connectivity index (χ0) is 11.8. The predicted octanol–water partition coefficient (Wildman–Crippen LogP) is 2.35. The molecule has 0 radical (unpaired) electrons. The van der Waals surface area contributed by atoms with Gasteiger partial charge in [-0.2, -0.15) is 5.26 Å². The molecule has 0 bridgehead atoms. The maximum Gasteiger partial charge on any atom is 0.315 e. The molecule has 16 heavy (non-hydrogen) atoms. The van der Waals surface area contributed by atoms with E-state index in [-0.39, 0.29) is 5.97 Å². The minimum Gasteiger partial charge on any atom is -0.465 e. The van der Waals surface area contributed by atoms with Crippen LogP contribution in [0.5, 0.6) is 0 Å². The molecule has 0 N–H and O–H groups in total. The molecular weight excluding hydrogens is 222 g/mol. The zero-order valence-electron chi connectivity index (χ0n) is 9.10. The number of benzene rings is 1. The van der Waals surface area contributed by atoms with Crippen molar-refractivity contribution < 1.29 is 9.53 Å². The van der Waals surface area contributed by atoms with Gasteiger partial charge in [0.15, 0.2) is 0 Å². The quantitative estimate of drug-likeness (QED) is 0.735. The maximum atomic E-state index is 11.1. The number of rotatable bonds is 5. The number of thioether (sulfide) groups is 1. The first-order valence-corrected chi connectivity index (χ1v) is 6.14. The van der Waals surface area contributed by atoms with Crippen molar-refractivity contribution >= 4 is 17.7 Å². The van der Waals surface area contributed by atoms with Crippen LogP contribution < -0.4 is 0 Å². The standard InChI is InChI=1S/C12H13NO2S/c1-2-15-12(14)9-16-8-11-6-4-3-5-10(11)7-13/h3-6H,2,8-9H2,1H3. The third kappa shape index (κ3) is 3.95. The summed E-state index contributed by atoms with van der Waals surface area (Å²) in [7, 11) is 0. The molecule has 4 heteroatoms. The van der Waals surface area contributed by atoms with Crippen LogP contribution in [0.1, 0.15) is 18.1 Å². The van der Waals surface area contributed by atoms with Crippen molar-refractivity contribution in [1.82, 2.24) is 0 Å². The second-order valence-corrected chi connectivity index (χ2v) is 4.05. The Hall–Kier alpha value is -1.47. The van der Waals surface area contributed by atoms with Gasteiger partial charge in [-0.1, -0.05) is 18.2 Å². The fourth-order valence-electron chi connectivity index (χ4n) is 1.20. The van der Waals surface area contributed by atoms with E-state index in [0.717, 1.165) is 5.56 Å². The molecule has 0 aliphatic carbocycles. The van der Waals surface area contributed by atoms with E-state index >= 15 is 0 Å². The van der Waals surface area contributed by atoms with Crippen molar-refractivity contribution in [3.63, 3.8) is 0 Å². The second-order valence-electron chi connectivity index (χ2n) is 3.07. The third-order valence-electron chi connectivity index (χ3n) is 1.92. The first kappa shape index (κ1) is 12.6. The largest absolute Gasteiger partial charge is 0.465 e. The fourth-order valence-corrected chi connectivity index (χ4v) is 2.03. The summed E-state index contributed by atoms with van der Waals surface area (Å²) in [5, 5.41) is 8.86. The number of hydrogen-bond acceptors (Lipinski definition) is 4. The number of esters is 1. The lowest BCUT2D eigenvalue weighted by Crippen LogP contribution is -2.06. The van der Waals surface area contributed by atoms with Crippen LogP contribution in [-0.2, 0) is 15.3 Å². The Morgan fingerprint density at radius 1 is 1.50 bits per heavy atom. The number of nitrogens with zero attached hydrogens (tertiary/aromatic N) is 1. The number of carbonyl (C=O) groups excluding carboxylic acids is 1. The molecule has 0 saturated heterocycles. The molecule has 0 atom stereocenters. The van der Waals surface area contributed by atoms with Crippen molar-refractivity contribution in [3.8, 4) is 6.07 Å². The molecule has 1 rings (SSSR count). The molecule has 0 amide bonds. The summed E-state index contributed by atoms with van der Waals surface area (Å²) in [6.45, 7) is 2.20. The first-order valence-electron chi connectivity index (χ1n) is 4.99. The van der Waals surface area contributed by atoms with Crippen molar-refractivity contribution in [2.24, 2.45) is 0 Å². The Morgan fingerprint density at radius 2 is 2.25 bits per heavy atom. The lowest BCUT2D eigenvalue weighted by atomic mass is 10.1. The molecule has 0 aliphatic rings. The molecular formula is C12H13NO2S. The molecule has 3 nitrogen and oxygen atoms in total. The van der Waals surface area contributed by atoms with Gasteiger partial charge in [0.25, 0.3) is 0 Å². The van der Waals surface area contributed by atoms with E-state index in [0.29, 0.717) is 23.7 Å². The summed E-state index contributed by atoms with van der Waals surface area (Å²) in [4.78, 5) is 11.1. The highest BCUT2D eigenvalue weighted by Gasteiger charge is 2.04. The van der Waals surface area contributed by atoms with E-state index in [1.165, 1.54) is 11.8 Å². The van der Waals surface area contributed by atoms with E-state index in [1.807, 2.05) is 18.2 Å². The van der Waals surface area contributed by atoms with Gasteiger partial charge in [0.2, 0.25) is 0 Å². The van der Waals surface area contributed by atoms with E-state index in [1.54, 1.807) is 13.0 Å². The first-order chi connectivity index (χ1) is 7.77. The smallest absolute Gasteiger partial charge is 0.315 e. The Kier molecular flexibility index (Phi) is 5.44. The maximum absolute atomic E-state index is 11.1. The molecule has 0 spiro atoms. The minimum atomic E-state index is -0.207. The molecule has 1 aromatic rings. The third-order valence-corrected chi connectivity index (χ3v) is 2.88. The molecule has 0 unspecified atom stereocenters. The van der Waals surface area contributed by atoms with Gasteiger partial charge in [0.05, 0.1) is 24.0 Å². The van der Waals surface area contributed by atoms with Gasteiger partial charge in [-0.15, -0.1) is 11.8 Å². The van der Waals surface area contributed by atoms with E-state index in [4.69, 9.17) is 10.00 Å². The summed E-state index contributed by atoms with van der Waals surface area (Å²) in [6, 6.07) is 9.53. The molecule has 0 saturated carbocycles. The molecule has 0 aromatic heterocycles. The summed E-state index contributed by atoms with van der Waals surface area (Å²) >= 11 is 1.46. The number of hydrogen-bond donors (Lipinski definition) is 0. The van der Waals surface area contributed by atoms with Crippen molar-refractivity contribution in [2.75, 3.05) is 12.4 Å². The van der Waals surface area contributed by atoms with Crippen LogP contribution in [0.4, 0.5) is 0 Å². The molecule has 0 heterocycles. The highest BCUT2D eigenvalue weighted by Crippen LogP contribution is 2.15. The number of ether oxygens (including phenoxy) is 1. The van der Waals surface area contributed by atoms with Crippen molar-refractivity contribution in [2.45, 2.75) is 12.7 Å². The normalized spacial score (nSPS) is 9.50.